The molecule has 1 saturated carbocycles. The van der Waals surface area contributed by atoms with Crippen molar-refractivity contribution >= 4 is 17.5 Å². The Hall–Kier alpha value is -2.19. The number of rotatable bonds is 16. The number of aliphatic hydroxyl groups excluding tert-OH is 1. The number of esters is 1. The predicted octanol–water partition coefficient (Wildman–Crippen LogP) is 7.59. The number of carbonyl (C=O) groups excluding carboxylic acids is 3. The number of Topliss-reactive ketones (excluding diaryl/α,β-unsaturated/α-hetero) is 2. The van der Waals surface area contributed by atoms with Crippen LogP contribution in [0.5, 0.6) is 0 Å². The molecule has 224 valence electrons. The summed E-state index contributed by atoms with van der Waals surface area (Å²) < 4.78 is 36.4. The average molecular weight is 557 g/mol. The summed E-state index contributed by atoms with van der Waals surface area (Å²) in [5.41, 5.74) is 1.05. The number of alkyl halides is 2. The second-order valence-corrected chi connectivity index (χ2v) is 9.93. The second kappa shape index (κ2) is 22.6. The molecule has 0 aromatic heterocycles. The van der Waals surface area contributed by atoms with Gasteiger partial charge in [-0.15, -0.1) is 0 Å². The van der Waals surface area contributed by atoms with Gasteiger partial charge < -0.3 is 14.6 Å². The quantitative estimate of drug-likeness (QED) is 0.128. The zero-order valence-corrected chi connectivity index (χ0v) is 24.4. The molecule has 1 aromatic carbocycles. The molecule has 2 rings (SSSR count). The lowest BCUT2D eigenvalue weighted by molar-refractivity contribution is -0.145. The van der Waals surface area contributed by atoms with E-state index in [2.05, 4.69) is 11.7 Å². The maximum atomic E-state index is 13.3. The van der Waals surface area contributed by atoms with E-state index in [1.807, 2.05) is 44.2 Å². The maximum absolute atomic E-state index is 13.3. The second-order valence-electron chi connectivity index (χ2n) is 9.93. The number of hydrogen-bond acceptors (Lipinski definition) is 6. The number of unbranched alkanes of at least 4 members (excludes halogenated alkanes) is 4. The Kier molecular flexibility index (Phi) is 21.3. The highest BCUT2D eigenvalue weighted by atomic mass is 19.3. The highest BCUT2D eigenvalue weighted by molar-refractivity contribution is 5.85. The van der Waals surface area contributed by atoms with E-state index in [1.165, 1.54) is 12.8 Å². The molecule has 1 N–H and O–H groups in total. The minimum Gasteiger partial charge on any atom is -0.461 e. The van der Waals surface area contributed by atoms with Crippen molar-refractivity contribution in [3.8, 4) is 0 Å². The molecule has 2 unspecified atom stereocenters. The van der Waals surface area contributed by atoms with Crippen LogP contribution in [-0.4, -0.2) is 41.5 Å². The monoisotopic (exact) mass is 556 g/mol. The van der Waals surface area contributed by atoms with Gasteiger partial charge in [-0.2, -0.15) is 8.78 Å². The molecule has 2 atom stereocenters. The van der Waals surface area contributed by atoms with E-state index in [1.54, 1.807) is 6.92 Å². The van der Waals surface area contributed by atoms with Crippen LogP contribution in [0.1, 0.15) is 117 Å². The van der Waals surface area contributed by atoms with Gasteiger partial charge in [-0.05, 0) is 51.0 Å². The Labute approximate surface area is 233 Å². The summed E-state index contributed by atoms with van der Waals surface area (Å²) in [6.07, 6.45) is 7.23. The Morgan fingerprint density at radius 2 is 1.69 bits per heavy atom. The van der Waals surface area contributed by atoms with E-state index in [-0.39, 0.29) is 30.5 Å². The van der Waals surface area contributed by atoms with E-state index in [0.717, 1.165) is 24.8 Å². The summed E-state index contributed by atoms with van der Waals surface area (Å²) in [6.45, 7) is 8.39. The Morgan fingerprint density at radius 1 is 1.03 bits per heavy atom. The third-order valence-electron chi connectivity index (χ3n) is 6.26. The van der Waals surface area contributed by atoms with Gasteiger partial charge in [0.25, 0.3) is 0 Å². The molecule has 0 heterocycles. The zero-order valence-electron chi connectivity index (χ0n) is 24.4. The number of carbonyl (C=O) groups is 3. The van der Waals surface area contributed by atoms with Crippen LogP contribution in [0.4, 0.5) is 8.78 Å². The molecule has 39 heavy (non-hydrogen) atoms. The van der Waals surface area contributed by atoms with Crippen molar-refractivity contribution in [2.24, 2.45) is 5.92 Å². The molecule has 0 amide bonds. The molecule has 6 nitrogen and oxygen atoms in total. The standard InChI is InChI=1S/C14H20O2.C13H20F2O2.C4H10O2/c1-2-3-4-8-11-14(15)16-12-13-9-6-5-7-10-13;1-2-3-8-13(14,15)12(17)7-5-10-4-6-11(16)9-10;1-3-6-4(2)5/h5-7,9-10H,2-4,8,11-12H2,1H3;10H,2-9H2,1H3;4-5H,3H2,1-2H3. The lowest BCUT2D eigenvalue weighted by Crippen LogP contribution is -2.28. The Morgan fingerprint density at radius 3 is 2.21 bits per heavy atom. The molecule has 1 fully saturated rings. The summed E-state index contributed by atoms with van der Waals surface area (Å²) in [5.74, 6) is -3.86. The highest BCUT2D eigenvalue weighted by Gasteiger charge is 2.37. The van der Waals surface area contributed by atoms with Crippen molar-refractivity contribution in [3.63, 3.8) is 0 Å². The number of halogens is 2. The molecule has 0 spiro atoms. The number of ether oxygens (including phenoxy) is 2. The van der Waals surface area contributed by atoms with Crippen molar-refractivity contribution in [2.45, 2.75) is 130 Å². The maximum Gasteiger partial charge on any atom is 0.306 e. The summed E-state index contributed by atoms with van der Waals surface area (Å²) >= 11 is 0. The van der Waals surface area contributed by atoms with Gasteiger partial charge in [0.15, 0.2) is 6.29 Å². The first-order valence-electron chi connectivity index (χ1n) is 14.5. The highest BCUT2D eigenvalue weighted by Crippen LogP contribution is 2.30. The Balaban J connectivity index is 0.000000616. The van der Waals surface area contributed by atoms with Gasteiger partial charge in [0.05, 0.1) is 0 Å². The average Bonchev–Trinajstić information content (AvgIpc) is 3.33. The smallest absolute Gasteiger partial charge is 0.306 e. The van der Waals surface area contributed by atoms with E-state index >= 15 is 0 Å². The van der Waals surface area contributed by atoms with Crippen molar-refractivity contribution < 1.29 is 37.7 Å². The van der Waals surface area contributed by atoms with Crippen LogP contribution < -0.4 is 0 Å². The summed E-state index contributed by atoms with van der Waals surface area (Å²) in [7, 11) is 0. The van der Waals surface area contributed by atoms with E-state index in [9.17, 15) is 23.2 Å². The number of hydrogen-bond donors (Lipinski definition) is 1. The first-order chi connectivity index (χ1) is 18.5. The molecular formula is C31H50F2O6. The van der Waals surface area contributed by atoms with Gasteiger partial charge >= 0.3 is 11.9 Å². The SMILES string of the molecule is CCCCC(F)(F)C(=O)CCC1CCC(=O)C1.CCCCCCC(=O)OCc1ccccc1.CCOC(C)O. The minimum absolute atomic E-state index is 0.0834. The normalized spacial score (nSPS) is 15.5. The molecule has 1 aromatic rings. The van der Waals surface area contributed by atoms with Crippen molar-refractivity contribution in [1.82, 2.24) is 0 Å². The largest absolute Gasteiger partial charge is 0.461 e. The van der Waals surface area contributed by atoms with Crippen molar-refractivity contribution in [2.75, 3.05) is 6.61 Å². The summed E-state index contributed by atoms with van der Waals surface area (Å²) in [5, 5.41) is 8.33. The topological polar surface area (TPSA) is 89.9 Å². The van der Waals surface area contributed by atoms with Gasteiger partial charge in [-0.1, -0.05) is 69.9 Å². The minimum atomic E-state index is -3.17. The van der Waals surface area contributed by atoms with Gasteiger partial charge in [0.1, 0.15) is 12.4 Å². The van der Waals surface area contributed by atoms with Gasteiger partial charge in [0, 0.05) is 38.7 Å². The first kappa shape index (κ1) is 36.8. The van der Waals surface area contributed by atoms with Crippen molar-refractivity contribution in [1.29, 1.82) is 0 Å². The lowest BCUT2D eigenvalue weighted by atomic mass is 9.96. The van der Waals surface area contributed by atoms with Crippen LogP contribution in [0.3, 0.4) is 0 Å². The van der Waals surface area contributed by atoms with Crippen LogP contribution in [0.25, 0.3) is 0 Å². The van der Waals surface area contributed by atoms with Gasteiger partial charge in [-0.3, -0.25) is 14.4 Å². The van der Waals surface area contributed by atoms with Crippen molar-refractivity contribution in [3.05, 3.63) is 35.9 Å². The molecular weight excluding hydrogens is 506 g/mol. The molecule has 0 radical (unpaired) electrons. The summed E-state index contributed by atoms with van der Waals surface area (Å²) in [4.78, 5) is 33.7. The molecule has 1 aliphatic carbocycles. The molecule has 0 aliphatic heterocycles. The first-order valence-corrected chi connectivity index (χ1v) is 14.5. The van der Waals surface area contributed by atoms with Crippen LogP contribution in [-0.2, 0) is 30.5 Å². The fraction of sp³-hybridized carbons (Fsp3) is 0.710. The predicted molar refractivity (Wildman–Crippen MR) is 149 cm³/mol. The van der Waals surface area contributed by atoms with Crippen LogP contribution >= 0.6 is 0 Å². The van der Waals surface area contributed by atoms with Crippen LogP contribution in [0, 0.1) is 5.92 Å². The van der Waals surface area contributed by atoms with Crippen LogP contribution in [0.15, 0.2) is 30.3 Å². The van der Waals surface area contributed by atoms with Crippen LogP contribution in [0.2, 0.25) is 0 Å². The zero-order chi connectivity index (χ0) is 29.5. The van der Waals surface area contributed by atoms with Gasteiger partial charge in [0.2, 0.25) is 5.78 Å². The fourth-order valence-corrected chi connectivity index (χ4v) is 3.94. The molecule has 8 heteroatoms. The number of ketones is 2. The van der Waals surface area contributed by atoms with E-state index < -0.39 is 18.0 Å². The fourth-order valence-electron chi connectivity index (χ4n) is 3.94. The molecule has 0 bridgehead atoms. The van der Waals surface area contributed by atoms with E-state index in [4.69, 9.17) is 9.84 Å². The third-order valence-corrected chi connectivity index (χ3v) is 6.26. The summed E-state index contributed by atoms with van der Waals surface area (Å²) in [6, 6.07) is 9.78. The molecule has 0 saturated heterocycles. The Bertz CT molecular complexity index is 783. The number of benzene rings is 1. The third kappa shape index (κ3) is 20.4. The number of aliphatic hydroxyl groups is 1. The molecule has 1 aliphatic rings. The lowest BCUT2D eigenvalue weighted by Gasteiger charge is -2.15. The van der Waals surface area contributed by atoms with Gasteiger partial charge in [-0.25, -0.2) is 0 Å². The van der Waals surface area contributed by atoms with E-state index in [0.29, 0.717) is 51.7 Å².